The van der Waals surface area contributed by atoms with Crippen LogP contribution in [0.25, 0.3) is 0 Å². The minimum Gasteiger partial charge on any atom is -0.550 e. The van der Waals surface area contributed by atoms with Gasteiger partial charge in [0.05, 0.1) is 14.1 Å². The Morgan fingerprint density at radius 1 is 1.37 bits per heavy atom. The Kier molecular flexibility index (Phi) is 9.99. The molecule has 0 rings (SSSR count). The molecule has 0 bridgehead atoms. The summed E-state index contributed by atoms with van der Waals surface area (Å²) in [5, 5.41) is 18.1. The Balaban J connectivity index is 0. The molecule has 0 saturated heterocycles. The van der Waals surface area contributed by atoms with Gasteiger partial charge in [0, 0.05) is 11.5 Å². The summed E-state index contributed by atoms with van der Waals surface area (Å²) in [7, 11) is 3.97. The molecule has 0 aliphatic rings. The molecule has 1 N–H and O–H groups in total. The van der Waals surface area contributed by atoms with E-state index in [9.17, 15) is 9.90 Å². The molecule has 0 aromatic heterocycles. The average Bonchev–Trinajstić information content (AvgIpc) is 2.13. The van der Waals surface area contributed by atoms with Crippen molar-refractivity contribution in [3.63, 3.8) is 0 Å². The van der Waals surface area contributed by atoms with E-state index in [0.717, 1.165) is 6.92 Å². The van der Waals surface area contributed by atoms with E-state index >= 15 is 0 Å². The lowest BCUT2D eigenvalue weighted by atomic mass is 10.3. The highest BCUT2D eigenvalue weighted by atomic mass is 16.5. The zero-order chi connectivity index (χ0) is 15.6. The Labute approximate surface area is 114 Å². The van der Waals surface area contributed by atoms with Gasteiger partial charge in [0.25, 0.3) is 0 Å². The molecule has 0 radical (unpaired) electrons. The summed E-state index contributed by atoms with van der Waals surface area (Å²) in [6.45, 7) is 9.52. The smallest absolute Gasteiger partial charge is 0.333 e. The van der Waals surface area contributed by atoms with E-state index in [0.29, 0.717) is 29.8 Å². The number of carbonyl (C=O) groups excluding carboxylic acids is 2. The molecule has 1 atom stereocenters. The summed E-state index contributed by atoms with van der Waals surface area (Å²) in [4.78, 5) is 20.0. The van der Waals surface area contributed by atoms with Crippen molar-refractivity contribution in [2.45, 2.75) is 26.9 Å². The number of nitrogens with zero attached hydrogens (tertiary/aromatic N) is 1. The van der Waals surface area contributed by atoms with Gasteiger partial charge < -0.3 is 24.2 Å². The number of rotatable bonds is 6. The monoisotopic (exact) mass is 275 g/mol. The normalized spacial score (nSPS) is 11.9. The molecular formula is C13H25NO5. The Morgan fingerprint density at radius 3 is 2.11 bits per heavy atom. The number of aliphatic hydroxyl groups is 1. The van der Waals surface area contributed by atoms with Crippen LogP contribution in [0.1, 0.15) is 20.8 Å². The third-order valence-electron chi connectivity index (χ3n) is 2.04. The zero-order valence-corrected chi connectivity index (χ0v) is 12.4. The molecule has 0 aliphatic carbocycles. The first-order chi connectivity index (χ1) is 8.48. The number of aliphatic hydroxyl groups excluding tert-OH is 1. The molecule has 0 spiro atoms. The second-order valence-electron chi connectivity index (χ2n) is 5.10. The van der Waals surface area contributed by atoms with Gasteiger partial charge in [0.1, 0.15) is 25.8 Å². The molecule has 19 heavy (non-hydrogen) atoms. The Bertz CT molecular complexity index is 306. The second-order valence-corrected chi connectivity index (χ2v) is 5.10. The van der Waals surface area contributed by atoms with Crippen LogP contribution in [0.4, 0.5) is 0 Å². The van der Waals surface area contributed by atoms with Crippen molar-refractivity contribution in [2.24, 2.45) is 0 Å². The van der Waals surface area contributed by atoms with Crippen LogP contribution in [0.5, 0.6) is 0 Å². The highest BCUT2D eigenvalue weighted by molar-refractivity contribution is 5.86. The van der Waals surface area contributed by atoms with Crippen LogP contribution >= 0.6 is 0 Å². The summed E-state index contributed by atoms with van der Waals surface area (Å²) in [5.74, 6) is -1.44. The number of ether oxygens (including phenoxy) is 1. The molecule has 0 aromatic rings. The number of hydrogen-bond acceptors (Lipinski definition) is 5. The van der Waals surface area contributed by atoms with Crippen LogP contribution in [-0.4, -0.2) is 61.4 Å². The van der Waals surface area contributed by atoms with E-state index in [1.807, 2.05) is 14.1 Å². The van der Waals surface area contributed by atoms with Crippen LogP contribution < -0.4 is 5.11 Å². The molecule has 6 nitrogen and oxygen atoms in total. The summed E-state index contributed by atoms with van der Waals surface area (Å²) >= 11 is 0. The number of likely N-dealkylation sites (N-methyl/N-ethyl adjacent to an activating group) is 1. The predicted octanol–water partition coefficient (Wildman–Crippen LogP) is -0.681. The minimum atomic E-state index is -1.08. The standard InChI is InChI=1S/C11H22NO3.C2H4O2/c1-9(2)11(14)15-7-6-12(4,5)8-10(3)13;1-2(3)4/h10,13H,1,6-8H2,2-5H3;1H3,(H,3,4)/q+1;/p-1. The van der Waals surface area contributed by atoms with E-state index < -0.39 is 5.97 Å². The van der Waals surface area contributed by atoms with Crippen molar-refractivity contribution in [3.05, 3.63) is 12.2 Å². The lowest BCUT2D eigenvalue weighted by Gasteiger charge is -2.30. The average molecular weight is 275 g/mol. The van der Waals surface area contributed by atoms with Gasteiger partial charge in [0.2, 0.25) is 0 Å². The fourth-order valence-electron chi connectivity index (χ4n) is 1.32. The maximum atomic E-state index is 11.1. The van der Waals surface area contributed by atoms with Crippen molar-refractivity contribution in [1.29, 1.82) is 0 Å². The highest BCUT2D eigenvalue weighted by Gasteiger charge is 2.18. The molecular weight excluding hydrogens is 250 g/mol. The molecule has 112 valence electrons. The molecule has 1 unspecified atom stereocenters. The number of carboxylic acid groups (broad SMARTS) is 1. The summed E-state index contributed by atoms with van der Waals surface area (Å²) < 4.78 is 5.61. The van der Waals surface area contributed by atoms with Gasteiger partial charge in [-0.2, -0.15) is 0 Å². The summed E-state index contributed by atoms with van der Waals surface area (Å²) in [5.41, 5.74) is 0.413. The van der Waals surface area contributed by atoms with Gasteiger partial charge >= 0.3 is 5.97 Å². The second kappa shape index (κ2) is 9.52. The number of hydrogen-bond donors (Lipinski definition) is 1. The van der Waals surface area contributed by atoms with E-state index in [4.69, 9.17) is 14.6 Å². The number of aliphatic carboxylic acids is 1. The Hall–Kier alpha value is -1.40. The lowest BCUT2D eigenvalue weighted by Crippen LogP contribution is -2.46. The maximum Gasteiger partial charge on any atom is 0.333 e. The number of carbonyl (C=O) groups is 2. The minimum absolute atomic E-state index is 0.350. The highest BCUT2D eigenvalue weighted by Crippen LogP contribution is 2.00. The van der Waals surface area contributed by atoms with Gasteiger partial charge in [-0.3, -0.25) is 0 Å². The molecule has 0 saturated carbocycles. The summed E-state index contributed by atoms with van der Waals surface area (Å²) in [6.07, 6.45) is -0.350. The zero-order valence-electron chi connectivity index (χ0n) is 12.4. The third-order valence-corrected chi connectivity index (χ3v) is 2.04. The van der Waals surface area contributed by atoms with Crippen molar-refractivity contribution in [1.82, 2.24) is 0 Å². The van der Waals surface area contributed by atoms with Gasteiger partial charge in [-0.25, -0.2) is 4.79 Å². The summed E-state index contributed by atoms with van der Waals surface area (Å²) in [6, 6.07) is 0. The SMILES string of the molecule is C=C(C)C(=O)OCC[N+](C)(C)CC(C)O.CC(=O)[O-]. The largest absolute Gasteiger partial charge is 0.550 e. The molecule has 0 amide bonds. The van der Waals surface area contributed by atoms with Crippen molar-refractivity contribution in [3.8, 4) is 0 Å². The van der Waals surface area contributed by atoms with Gasteiger partial charge in [0.15, 0.2) is 0 Å². The van der Waals surface area contributed by atoms with Gasteiger partial charge in [-0.15, -0.1) is 0 Å². The maximum absolute atomic E-state index is 11.1. The number of carboxylic acids is 1. The van der Waals surface area contributed by atoms with Crippen LogP contribution in [0, 0.1) is 0 Å². The number of esters is 1. The van der Waals surface area contributed by atoms with Crippen molar-refractivity contribution in [2.75, 3.05) is 33.8 Å². The number of quaternary nitrogens is 1. The third kappa shape index (κ3) is 16.6. The molecule has 0 aromatic carbocycles. The van der Waals surface area contributed by atoms with Gasteiger partial charge in [-0.05, 0) is 20.8 Å². The van der Waals surface area contributed by atoms with E-state index in [-0.39, 0.29) is 12.1 Å². The molecule has 6 heteroatoms. The molecule has 0 aliphatic heterocycles. The predicted molar refractivity (Wildman–Crippen MR) is 70.0 cm³/mol. The van der Waals surface area contributed by atoms with Crippen molar-refractivity contribution >= 4 is 11.9 Å². The molecule has 0 heterocycles. The quantitative estimate of drug-likeness (QED) is 0.394. The van der Waals surface area contributed by atoms with Gasteiger partial charge in [-0.1, -0.05) is 6.58 Å². The topological polar surface area (TPSA) is 86.7 Å². The molecule has 0 fully saturated rings. The fourth-order valence-corrected chi connectivity index (χ4v) is 1.32. The van der Waals surface area contributed by atoms with Crippen molar-refractivity contribution < 1.29 is 29.0 Å². The van der Waals surface area contributed by atoms with E-state index in [1.165, 1.54) is 0 Å². The lowest BCUT2D eigenvalue weighted by molar-refractivity contribution is -0.893. The van der Waals surface area contributed by atoms with Crippen LogP contribution in [0.3, 0.4) is 0 Å². The first-order valence-corrected chi connectivity index (χ1v) is 5.98. The van der Waals surface area contributed by atoms with E-state index in [2.05, 4.69) is 6.58 Å². The first kappa shape index (κ1) is 19.9. The fraction of sp³-hybridized carbons (Fsp3) is 0.692. The first-order valence-electron chi connectivity index (χ1n) is 5.98. The van der Waals surface area contributed by atoms with Crippen LogP contribution in [0.15, 0.2) is 12.2 Å². The Morgan fingerprint density at radius 2 is 1.79 bits per heavy atom. The van der Waals surface area contributed by atoms with E-state index in [1.54, 1.807) is 13.8 Å². The van der Waals surface area contributed by atoms with Crippen LogP contribution in [-0.2, 0) is 14.3 Å². The van der Waals surface area contributed by atoms with Crippen LogP contribution in [0.2, 0.25) is 0 Å².